The maximum atomic E-state index is 4.26. The number of aryl methyl sites for hydroxylation is 1. The molecule has 0 unspecified atom stereocenters. The zero-order chi connectivity index (χ0) is 10.3. The number of fused-ring (bicyclic) bond motifs is 1. The van der Waals surface area contributed by atoms with Crippen LogP contribution in [0.4, 0.5) is 0 Å². The van der Waals surface area contributed by atoms with E-state index in [0.717, 1.165) is 16.9 Å². The molecule has 0 radical (unpaired) electrons. The standard InChI is InChI=1S/C9H8N6/c1-14-5-3-9(12-14)15-8-2-4-10-6-7(8)11-13-15/h2-6H,1H3. The molecule has 0 amide bonds. The number of nitrogens with zero attached hydrogens (tertiary/aromatic N) is 6. The van der Waals surface area contributed by atoms with Gasteiger partial charge < -0.3 is 0 Å². The van der Waals surface area contributed by atoms with Crippen molar-refractivity contribution in [2.45, 2.75) is 0 Å². The molecule has 0 aliphatic heterocycles. The highest BCUT2D eigenvalue weighted by molar-refractivity contribution is 5.74. The molecule has 74 valence electrons. The summed E-state index contributed by atoms with van der Waals surface area (Å²) in [6.45, 7) is 0. The molecule has 0 aromatic carbocycles. The van der Waals surface area contributed by atoms with E-state index >= 15 is 0 Å². The molecule has 3 aromatic rings. The van der Waals surface area contributed by atoms with Gasteiger partial charge in [-0.1, -0.05) is 5.21 Å². The zero-order valence-electron chi connectivity index (χ0n) is 8.07. The molecule has 0 fully saturated rings. The normalized spacial score (nSPS) is 11.0. The summed E-state index contributed by atoms with van der Waals surface area (Å²) in [6.07, 6.45) is 5.26. The Morgan fingerprint density at radius 1 is 1.27 bits per heavy atom. The second-order valence-electron chi connectivity index (χ2n) is 3.21. The SMILES string of the molecule is Cn1ccc(-n2nnc3cnccc32)n1. The van der Waals surface area contributed by atoms with Crippen LogP contribution in [0.2, 0.25) is 0 Å². The topological polar surface area (TPSA) is 61.4 Å². The van der Waals surface area contributed by atoms with Gasteiger partial charge in [0, 0.05) is 25.5 Å². The summed E-state index contributed by atoms with van der Waals surface area (Å²) >= 11 is 0. The van der Waals surface area contributed by atoms with Crippen LogP contribution in [0.3, 0.4) is 0 Å². The monoisotopic (exact) mass is 200 g/mol. The lowest BCUT2D eigenvalue weighted by atomic mass is 10.4. The summed E-state index contributed by atoms with van der Waals surface area (Å²) in [5.74, 6) is 0.756. The molecule has 0 N–H and O–H groups in total. The van der Waals surface area contributed by atoms with Crippen LogP contribution in [0.1, 0.15) is 0 Å². The Morgan fingerprint density at radius 2 is 2.20 bits per heavy atom. The van der Waals surface area contributed by atoms with Crippen LogP contribution >= 0.6 is 0 Å². The van der Waals surface area contributed by atoms with E-state index in [2.05, 4.69) is 20.4 Å². The first kappa shape index (κ1) is 8.10. The third-order valence-electron chi connectivity index (χ3n) is 2.16. The zero-order valence-corrected chi connectivity index (χ0v) is 8.07. The summed E-state index contributed by atoms with van der Waals surface area (Å²) < 4.78 is 3.42. The Morgan fingerprint density at radius 3 is 3.00 bits per heavy atom. The molecule has 0 saturated heterocycles. The number of hydrogen-bond acceptors (Lipinski definition) is 4. The van der Waals surface area contributed by atoms with E-state index in [1.807, 2.05) is 25.4 Å². The van der Waals surface area contributed by atoms with Gasteiger partial charge in [0.25, 0.3) is 0 Å². The van der Waals surface area contributed by atoms with Crippen LogP contribution in [0, 0.1) is 0 Å². The molecule has 6 heteroatoms. The fraction of sp³-hybridized carbons (Fsp3) is 0.111. The predicted molar refractivity (Wildman–Crippen MR) is 53.4 cm³/mol. The smallest absolute Gasteiger partial charge is 0.177 e. The fourth-order valence-corrected chi connectivity index (χ4v) is 1.46. The Balaban J connectivity index is 2.27. The van der Waals surface area contributed by atoms with Gasteiger partial charge >= 0.3 is 0 Å². The number of aromatic nitrogens is 6. The van der Waals surface area contributed by atoms with E-state index in [9.17, 15) is 0 Å². The number of pyridine rings is 1. The average molecular weight is 200 g/mol. The van der Waals surface area contributed by atoms with Crippen LogP contribution in [-0.2, 0) is 7.05 Å². The molecule has 3 rings (SSSR count). The third-order valence-corrected chi connectivity index (χ3v) is 2.16. The van der Waals surface area contributed by atoms with E-state index in [-0.39, 0.29) is 0 Å². The van der Waals surface area contributed by atoms with E-state index in [1.54, 1.807) is 21.8 Å². The second kappa shape index (κ2) is 2.88. The fourth-order valence-electron chi connectivity index (χ4n) is 1.46. The van der Waals surface area contributed by atoms with Gasteiger partial charge in [-0.15, -0.1) is 5.10 Å². The van der Waals surface area contributed by atoms with Crippen molar-refractivity contribution in [3.63, 3.8) is 0 Å². The van der Waals surface area contributed by atoms with Gasteiger partial charge in [0.15, 0.2) is 5.82 Å². The van der Waals surface area contributed by atoms with Crippen LogP contribution in [0.5, 0.6) is 0 Å². The molecule has 3 aromatic heterocycles. The van der Waals surface area contributed by atoms with Crippen molar-refractivity contribution in [3.8, 4) is 5.82 Å². The van der Waals surface area contributed by atoms with Crippen LogP contribution < -0.4 is 0 Å². The van der Waals surface area contributed by atoms with Crippen molar-refractivity contribution in [1.82, 2.24) is 29.8 Å². The lowest BCUT2D eigenvalue weighted by Gasteiger charge is -1.95. The summed E-state index contributed by atoms with van der Waals surface area (Å²) in [5.41, 5.74) is 1.67. The van der Waals surface area contributed by atoms with E-state index in [4.69, 9.17) is 0 Å². The molecule has 0 aliphatic rings. The maximum absolute atomic E-state index is 4.26. The van der Waals surface area contributed by atoms with Gasteiger partial charge in [-0.2, -0.15) is 9.78 Å². The minimum Gasteiger partial charge on any atom is -0.274 e. The van der Waals surface area contributed by atoms with Gasteiger partial charge in [0.2, 0.25) is 0 Å². The lowest BCUT2D eigenvalue weighted by Crippen LogP contribution is -1.99. The predicted octanol–water partition coefficient (Wildman–Crippen LogP) is 0.549. The van der Waals surface area contributed by atoms with E-state index in [0.29, 0.717) is 0 Å². The Labute approximate surface area is 85.2 Å². The van der Waals surface area contributed by atoms with Gasteiger partial charge in [0.05, 0.1) is 11.7 Å². The minimum absolute atomic E-state index is 0.756. The molecule has 0 saturated carbocycles. The first-order chi connectivity index (χ1) is 7.34. The van der Waals surface area contributed by atoms with Gasteiger partial charge in [-0.25, -0.2) is 0 Å². The summed E-state index contributed by atoms with van der Waals surface area (Å²) in [4.78, 5) is 3.98. The molecule has 0 atom stereocenters. The van der Waals surface area contributed by atoms with E-state index in [1.165, 1.54) is 0 Å². The van der Waals surface area contributed by atoms with Crippen molar-refractivity contribution >= 4 is 11.0 Å². The highest BCUT2D eigenvalue weighted by Crippen LogP contribution is 2.12. The van der Waals surface area contributed by atoms with Crippen LogP contribution in [0.15, 0.2) is 30.7 Å². The molecule has 0 aliphatic carbocycles. The van der Waals surface area contributed by atoms with Gasteiger partial charge in [-0.3, -0.25) is 9.67 Å². The largest absolute Gasteiger partial charge is 0.274 e. The van der Waals surface area contributed by atoms with Crippen molar-refractivity contribution < 1.29 is 0 Å². The Hall–Kier alpha value is -2.24. The maximum Gasteiger partial charge on any atom is 0.177 e. The van der Waals surface area contributed by atoms with Crippen LogP contribution in [-0.4, -0.2) is 29.8 Å². The molecule has 6 nitrogen and oxygen atoms in total. The second-order valence-corrected chi connectivity index (χ2v) is 3.21. The highest BCUT2D eigenvalue weighted by atomic mass is 15.5. The first-order valence-electron chi connectivity index (χ1n) is 4.50. The van der Waals surface area contributed by atoms with Crippen molar-refractivity contribution in [2.24, 2.45) is 7.05 Å². The molecular formula is C9H8N6. The minimum atomic E-state index is 0.756. The molecule has 15 heavy (non-hydrogen) atoms. The number of rotatable bonds is 1. The Bertz CT molecular complexity index is 608. The molecule has 3 heterocycles. The van der Waals surface area contributed by atoms with Gasteiger partial charge in [0.1, 0.15) is 5.52 Å². The third kappa shape index (κ3) is 1.18. The molecular weight excluding hydrogens is 192 g/mol. The summed E-state index contributed by atoms with van der Waals surface area (Å²) in [7, 11) is 1.87. The molecule has 0 bridgehead atoms. The highest BCUT2D eigenvalue weighted by Gasteiger charge is 2.07. The first-order valence-corrected chi connectivity index (χ1v) is 4.50. The van der Waals surface area contributed by atoms with E-state index < -0.39 is 0 Å². The average Bonchev–Trinajstić information content (AvgIpc) is 2.83. The summed E-state index contributed by atoms with van der Waals surface area (Å²) in [5, 5.41) is 12.3. The Kier molecular flexibility index (Phi) is 1.55. The number of hydrogen-bond donors (Lipinski definition) is 0. The van der Waals surface area contributed by atoms with Crippen LogP contribution in [0.25, 0.3) is 16.9 Å². The lowest BCUT2D eigenvalue weighted by molar-refractivity contribution is 0.723. The van der Waals surface area contributed by atoms with Gasteiger partial charge in [-0.05, 0) is 6.07 Å². The van der Waals surface area contributed by atoms with Crippen molar-refractivity contribution in [1.29, 1.82) is 0 Å². The quantitative estimate of drug-likeness (QED) is 0.575. The summed E-state index contributed by atoms with van der Waals surface area (Å²) in [6, 6.07) is 3.75. The van der Waals surface area contributed by atoms with Crippen molar-refractivity contribution in [3.05, 3.63) is 30.7 Å². The van der Waals surface area contributed by atoms with Crippen molar-refractivity contribution in [2.75, 3.05) is 0 Å². The molecule has 0 spiro atoms.